The van der Waals surface area contributed by atoms with Gasteiger partial charge >= 0.3 is 0 Å². The van der Waals surface area contributed by atoms with Gasteiger partial charge in [-0.15, -0.1) is 0 Å². The van der Waals surface area contributed by atoms with Crippen molar-refractivity contribution in [3.05, 3.63) is 35.9 Å². The Labute approximate surface area is 164 Å². The number of para-hydroxylation sites is 1. The van der Waals surface area contributed by atoms with Crippen molar-refractivity contribution < 1.29 is 19.1 Å². The van der Waals surface area contributed by atoms with E-state index in [9.17, 15) is 14.4 Å². The molecule has 8 nitrogen and oxygen atoms in total. The first kappa shape index (κ1) is 19.9. The first-order valence-corrected chi connectivity index (χ1v) is 9.44. The van der Waals surface area contributed by atoms with Gasteiger partial charge in [-0.2, -0.15) is 0 Å². The van der Waals surface area contributed by atoms with E-state index in [1.54, 1.807) is 7.11 Å². The molecule has 2 heterocycles. The van der Waals surface area contributed by atoms with Gasteiger partial charge < -0.3 is 20.3 Å². The molecule has 3 amide bonds. The van der Waals surface area contributed by atoms with Gasteiger partial charge in [0.15, 0.2) is 0 Å². The average Bonchev–Trinajstić information content (AvgIpc) is 2.70. The highest BCUT2D eigenvalue weighted by atomic mass is 16.5. The zero-order chi connectivity index (χ0) is 19.9. The molecule has 0 aliphatic carbocycles. The number of carbonyl (C=O) groups is 3. The minimum atomic E-state index is -0.534. The van der Waals surface area contributed by atoms with Crippen LogP contribution in [0.25, 0.3) is 6.08 Å². The largest absolute Gasteiger partial charge is 0.496 e. The number of piperazine rings is 2. The van der Waals surface area contributed by atoms with Gasteiger partial charge in [0.25, 0.3) is 0 Å². The van der Waals surface area contributed by atoms with E-state index in [4.69, 9.17) is 4.74 Å². The summed E-state index contributed by atoms with van der Waals surface area (Å²) in [4.78, 5) is 40.0. The Balaban J connectivity index is 1.63. The highest BCUT2D eigenvalue weighted by Crippen LogP contribution is 2.19. The molecule has 150 valence electrons. The van der Waals surface area contributed by atoms with Crippen LogP contribution in [0.5, 0.6) is 5.75 Å². The van der Waals surface area contributed by atoms with Crippen LogP contribution in [0.15, 0.2) is 30.3 Å². The predicted molar refractivity (Wildman–Crippen MR) is 105 cm³/mol. The lowest BCUT2D eigenvalue weighted by Crippen LogP contribution is -2.57. The smallest absolute Gasteiger partial charge is 0.239 e. The van der Waals surface area contributed by atoms with Gasteiger partial charge in [-0.25, -0.2) is 0 Å². The minimum absolute atomic E-state index is 0.0564. The number of benzene rings is 1. The van der Waals surface area contributed by atoms with Crippen molar-refractivity contribution in [2.45, 2.75) is 12.5 Å². The summed E-state index contributed by atoms with van der Waals surface area (Å²) in [5, 5.41) is 5.53. The average molecular weight is 386 g/mol. The molecule has 2 aliphatic rings. The first-order chi connectivity index (χ1) is 13.6. The number of nitrogens with zero attached hydrogens (tertiary/aromatic N) is 2. The standard InChI is InChI=1S/C20H26N4O4/c1-28-17-7-3-2-5-15(17)6-4-10-23-11-9-22-20(27)16(23)13-19(26)24-12-8-21-18(25)14-24/h2-7,16H,8-14H2,1H3,(H,21,25)(H,22,27)/b6-4+. The Morgan fingerprint density at radius 3 is 2.79 bits per heavy atom. The highest BCUT2D eigenvalue weighted by molar-refractivity contribution is 5.91. The molecule has 28 heavy (non-hydrogen) atoms. The SMILES string of the molecule is COc1ccccc1/C=C/CN1CCNC(=O)C1CC(=O)N1CCNC(=O)C1. The quantitative estimate of drug-likeness (QED) is 0.710. The summed E-state index contributed by atoms with van der Waals surface area (Å²) >= 11 is 0. The Morgan fingerprint density at radius 1 is 1.21 bits per heavy atom. The van der Waals surface area contributed by atoms with Crippen molar-refractivity contribution in [1.82, 2.24) is 20.4 Å². The first-order valence-electron chi connectivity index (χ1n) is 9.44. The molecule has 1 aromatic rings. The van der Waals surface area contributed by atoms with E-state index >= 15 is 0 Å². The summed E-state index contributed by atoms with van der Waals surface area (Å²) in [7, 11) is 1.63. The third-order valence-electron chi connectivity index (χ3n) is 4.98. The lowest BCUT2D eigenvalue weighted by atomic mass is 10.1. The zero-order valence-corrected chi connectivity index (χ0v) is 16.0. The monoisotopic (exact) mass is 386 g/mol. The van der Waals surface area contributed by atoms with Gasteiger partial charge in [-0.1, -0.05) is 30.4 Å². The lowest BCUT2D eigenvalue weighted by Gasteiger charge is -2.35. The second kappa shape index (κ2) is 9.36. The molecule has 2 fully saturated rings. The molecule has 1 atom stereocenters. The van der Waals surface area contributed by atoms with Gasteiger partial charge in [0.1, 0.15) is 5.75 Å². The predicted octanol–water partition coefficient (Wildman–Crippen LogP) is -0.143. The second-order valence-corrected chi connectivity index (χ2v) is 6.82. The van der Waals surface area contributed by atoms with E-state index in [0.717, 1.165) is 11.3 Å². The maximum atomic E-state index is 12.6. The van der Waals surface area contributed by atoms with Gasteiger partial charge in [0.2, 0.25) is 17.7 Å². The Morgan fingerprint density at radius 2 is 2.00 bits per heavy atom. The van der Waals surface area contributed by atoms with E-state index in [-0.39, 0.29) is 30.7 Å². The van der Waals surface area contributed by atoms with E-state index in [0.29, 0.717) is 32.7 Å². The zero-order valence-electron chi connectivity index (χ0n) is 16.0. The van der Waals surface area contributed by atoms with Gasteiger partial charge in [0, 0.05) is 38.3 Å². The van der Waals surface area contributed by atoms with Gasteiger partial charge in [-0.3, -0.25) is 19.3 Å². The molecule has 3 rings (SSSR count). The van der Waals surface area contributed by atoms with Crippen molar-refractivity contribution in [2.24, 2.45) is 0 Å². The molecule has 2 saturated heterocycles. The van der Waals surface area contributed by atoms with Crippen LogP contribution >= 0.6 is 0 Å². The number of nitrogens with one attached hydrogen (secondary N) is 2. The molecule has 1 unspecified atom stereocenters. The van der Waals surface area contributed by atoms with Crippen LogP contribution in [0.3, 0.4) is 0 Å². The number of hydrogen-bond acceptors (Lipinski definition) is 5. The second-order valence-electron chi connectivity index (χ2n) is 6.82. The summed E-state index contributed by atoms with van der Waals surface area (Å²) in [5.41, 5.74) is 0.957. The highest BCUT2D eigenvalue weighted by Gasteiger charge is 2.33. The van der Waals surface area contributed by atoms with Crippen LogP contribution < -0.4 is 15.4 Å². The van der Waals surface area contributed by atoms with Gasteiger partial charge in [-0.05, 0) is 6.07 Å². The van der Waals surface area contributed by atoms with Crippen LogP contribution in [0.4, 0.5) is 0 Å². The number of rotatable bonds is 6. The molecule has 1 aromatic carbocycles. The summed E-state index contributed by atoms with van der Waals surface area (Å²) in [6.07, 6.45) is 4.00. The molecule has 0 aromatic heterocycles. The van der Waals surface area contributed by atoms with Crippen molar-refractivity contribution in [2.75, 3.05) is 46.4 Å². The van der Waals surface area contributed by atoms with Crippen molar-refractivity contribution in [1.29, 1.82) is 0 Å². The Kier molecular flexibility index (Phi) is 6.65. The fourth-order valence-corrected chi connectivity index (χ4v) is 3.47. The summed E-state index contributed by atoms with van der Waals surface area (Å²) in [6.45, 7) is 2.75. The van der Waals surface area contributed by atoms with E-state index in [1.165, 1.54) is 4.90 Å². The number of carbonyl (C=O) groups excluding carboxylic acids is 3. The normalized spacial score (nSPS) is 20.8. The van der Waals surface area contributed by atoms with Crippen molar-refractivity contribution in [3.8, 4) is 5.75 Å². The molecule has 8 heteroatoms. The molecular weight excluding hydrogens is 360 g/mol. The third kappa shape index (κ3) is 4.89. The van der Waals surface area contributed by atoms with Crippen molar-refractivity contribution >= 4 is 23.8 Å². The molecule has 0 bridgehead atoms. The Bertz CT molecular complexity index is 764. The number of ether oxygens (including phenoxy) is 1. The maximum absolute atomic E-state index is 12.6. The number of methoxy groups -OCH3 is 1. The van der Waals surface area contributed by atoms with Crippen LogP contribution in [0.1, 0.15) is 12.0 Å². The van der Waals surface area contributed by atoms with E-state index in [2.05, 4.69) is 10.6 Å². The fraction of sp³-hybridized carbons (Fsp3) is 0.450. The van der Waals surface area contributed by atoms with Crippen LogP contribution in [-0.2, 0) is 14.4 Å². The molecular formula is C20H26N4O4. The molecule has 0 saturated carbocycles. The van der Waals surface area contributed by atoms with Crippen LogP contribution in [-0.4, -0.2) is 79.9 Å². The summed E-state index contributed by atoms with van der Waals surface area (Å²) in [6, 6.07) is 7.17. The van der Waals surface area contributed by atoms with Crippen LogP contribution in [0, 0.1) is 0 Å². The summed E-state index contributed by atoms with van der Waals surface area (Å²) in [5.74, 6) is 0.303. The third-order valence-corrected chi connectivity index (χ3v) is 4.98. The van der Waals surface area contributed by atoms with E-state index < -0.39 is 6.04 Å². The van der Waals surface area contributed by atoms with E-state index in [1.807, 2.05) is 41.3 Å². The van der Waals surface area contributed by atoms with Gasteiger partial charge in [0.05, 0.1) is 26.1 Å². The molecule has 0 radical (unpaired) electrons. The number of hydrogen-bond donors (Lipinski definition) is 2. The number of amides is 3. The lowest BCUT2D eigenvalue weighted by molar-refractivity contribution is -0.142. The molecule has 2 N–H and O–H groups in total. The maximum Gasteiger partial charge on any atom is 0.239 e. The molecule has 2 aliphatic heterocycles. The minimum Gasteiger partial charge on any atom is -0.496 e. The summed E-state index contributed by atoms with van der Waals surface area (Å²) < 4.78 is 5.34. The van der Waals surface area contributed by atoms with Crippen LogP contribution in [0.2, 0.25) is 0 Å². The van der Waals surface area contributed by atoms with Crippen molar-refractivity contribution in [3.63, 3.8) is 0 Å². The fourth-order valence-electron chi connectivity index (χ4n) is 3.47. The molecule has 0 spiro atoms. The Hall–Kier alpha value is -2.87. The topological polar surface area (TPSA) is 91.0 Å².